The largest absolute Gasteiger partial charge is 0.511 e. The Bertz CT molecular complexity index is 490. The van der Waals surface area contributed by atoms with E-state index in [9.17, 15) is 14.7 Å². The quantitative estimate of drug-likeness (QED) is 0.478. The van der Waals surface area contributed by atoms with Crippen LogP contribution >= 0.6 is 0 Å². The lowest BCUT2D eigenvalue weighted by Crippen LogP contribution is -2.41. The van der Waals surface area contributed by atoms with Crippen LogP contribution in [0.2, 0.25) is 0 Å². The second kappa shape index (κ2) is 6.74. The Morgan fingerprint density at radius 3 is 2.52 bits per heavy atom. The van der Waals surface area contributed by atoms with Gasteiger partial charge in [0.1, 0.15) is 18.3 Å². The number of methoxy groups -OCH3 is 1. The number of hydrogen-bond acceptors (Lipinski definition) is 6. The zero-order valence-electron chi connectivity index (χ0n) is 13.2. The van der Waals surface area contributed by atoms with E-state index in [4.69, 9.17) is 9.57 Å². The minimum absolute atomic E-state index is 0.0840. The molecule has 0 aliphatic heterocycles. The van der Waals surface area contributed by atoms with Crippen LogP contribution in [0.4, 0.5) is 0 Å². The SMILES string of the molecule is CCO/N=C(\CC)C1=C(O)[C@@H](C(=O)OC)C(C)(C)CC1=O. The van der Waals surface area contributed by atoms with Crippen LogP contribution in [0.3, 0.4) is 0 Å². The fraction of sp³-hybridized carbons (Fsp3) is 0.667. The fourth-order valence-corrected chi connectivity index (χ4v) is 2.55. The van der Waals surface area contributed by atoms with Gasteiger partial charge in [0.25, 0.3) is 0 Å². The van der Waals surface area contributed by atoms with Crippen molar-refractivity contribution in [2.24, 2.45) is 16.5 Å². The van der Waals surface area contributed by atoms with E-state index in [-0.39, 0.29) is 23.5 Å². The minimum Gasteiger partial charge on any atom is -0.511 e. The predicted octanol–water partition coefficient (Wildman–Crippen LogP) is 2.39. The molecule has 1 rings (SSSR count). The summed E-state index contributed by atoms with van der Waals surface area (Å²) < 4.78 is 4.76. The van der Waals surface area contributed by atoms with E-state index in [1.165, 1.54) is 7.11 Å². The highest BCUT2D eigenvalue weighted by molar-refractivity contribution is 6.23. The molecule has 0 aromatic heterocycles. The Labute approximate surface area is 124 Å². The summed E-state index contributed by atoms with van der Waals surface area (Å²) >= 11 is 0. The molecule has 1 atom stereocenters. The number of esters is 1. The first-order valence-electron chi connectivity index (χ1n) is 7.03. The summed E-state index contributed by atoms with van der Waals surface area (Å²) in [6.45, 7) is 7.44. The second-order valence-electron chi connectivity index (χ2n) is 5.61. The minimum atomic E-state index is -0.881. The average molecular weight is 297 g/mol. The summed E-state index contributed by atoms with van der Waals surface area (Å²) in [5.74, 6) is -1.95. The first-order chi connectivity index (χ1) is 9.80. The van der Waals surface area contributed by atoms with Gasteiger partial charge in [0.2, 0.25) is 0 Å². The number of ketones is 1. The Balaban J connectivity index is 3.39. The number of allylic oxidation sites excluding steroid dienone is 1. The molecule has 118 valence electrons. The van der Waals surface area contributed by atoms with Crippen LogP contribution in [0.5, 0.6) is 0 Å². The topological polar surface area (TPSA) is 85.2 Å². The fourth-order valence-electron chi connectivity index (χ4n) is 2.55. The molecule has 1 aliphatic carbocycles. The molecule has 6 heteroatoms. The van der Waals surface area contributed by atoms with Gasteiger partial charge in [-0.15, -0.1) is 0 Å². The maximum atomic E-state index is 12.3. The highest BCUT2D eigenvalue weighted by Gasteiger charge is 2.47. The Hall–Kier alpha value is -1.85. The molecule has 0 spiro atoms. The van der Waals surface area contributed by atoms with E-state index < -0.39 is 17.3 Å². The molecule has 0 heterocycles. The Morgan fingerprint density at radius 1 is 1.43 bits per heavy atom. The summed E-state index contributed by atoms with van der Waals surface area (Å²) in [5.41, 5.74) is -0.271. The lowest BCUT2D eigenvalue weighted by atomic mass is 9.67. The molecule has 0 saturated carbocycles. The zero-order chi connectivity index (χ0) is 16.2. The number of carbonyl (C=O) groups is 2. The van der Waals surface area contributed by atoms with Crippen molar-refractivity contribution in [2.75, 3.05) is 13.7 Å². The third kappa shape index (κ3) is 3.43. The first-order valence-corrected chi connectivity index (χ1v) is 7.03. The van der Waals surface area contributed by atoms with Crippen LogP contribution < -0.4 is 0 Å². The summed E-state index contributed by atoms with van der Waals surface area (Å²) in [6.07, 6.45) is 0.552. The van der Waals surface area contributed by atoms with Gasteiger partial charge in [-0.05, 0) is 18.8 Å². The summed E-state index contributed by atoms with van der Waals surface area (Å²) in [6, 6.07) is 0. The van der Waals surface area contributed by atoms with Gasteiger partial charge in [-0.3, -0.25) is 9.59 Å². The number of rotatable bonds is 5. The van der Waals surface area contributed by atoms with Crippen molar-refractivity contribution in [1.29, 1.82) is 0 Å². The van der Waals surface area contributed by atoms with Gasteiger partial charge in [-0.25, -0.2) is 0 Å². The van der Waals surface area contributed by atoms with E-state index >= 15 is 0 Å². The molecule has 0 fully saturated rings. The molecule has 0 aromatic rings. The summed E-state index contributed by atoms with van der Waals surface area (Å²) in [4.78, 5) is 29.3. The molecule has 1 N–H and O–H groups in total. The lowest BCUT2D eigenvalue weighted by Gasteiger charge is -2.36. The number of aliphatic hydroxyl groups is 1. The molecule has 0 amide bonds. The molecule has 0 saturated heterocycles. The van der Waals surface area contributed by atoms with Gasteiger partial charge in [0, 0.05) is 6.42 Å². The van der Waals surface area contributed by atoms with Crippen LogP contribution in [0, 0.1) is 11.3 Å². The van der Waals surface area contributed by atoms with Crippen molar-refractivity contribution in [2.45, 2.75) is 40.5 Å². The molecule has 0 radical (unpaired) electrons. The van der Waals surface area contributed by atoms with E-state index in [1.807, 2.05) is 0 Å². The average Bonchev–Trinajstić information content (AvgIpc) is 2.40. The number of aliphatic hydroxyl groups excluding tert-OH is 1. The number of ether oxygens (including phenoxy) is 1. The third-order valence-corrected chi connectivity index (χ3v) is 3.57. The van der Waals surface area contributed by atoms with Crippen molar-refractivity contribution >= 4 is 17.5 Å². The maximum Gasteiger partial charge on any atom is 0.316 e. The number of Topliss-reactive ketones (excluding diaryl/α,β-unsaturated/α-hetero) is 1. The smallest absolute Gasteiger partial charge is 0.316 e. The third-order valence-electron chi connectivity index (χ3n) is 3.57. The van der Waals surface area contributed by atoms with Gasteiger partial charge in [0.15, 0.2) is 5.78 Å². The van der Waals surface area contributed by atoms with E-state index in [2.05, 4.69) is 5.16 Å². The molecule has 1 aliphatic rings. The van der Waals surface area contributed by atoms with Crippen LogP contribution in [0.1, 0.15) is 40.5 Å². The standard InChI is InChI=1S/C15H23NO5/c1-6-9(16-21-7-2)11-10(17)8-15(3,4)12(13(11)18)14(19)20-5/h12,18H,6-8H2,1-5H3/b16-9+/t12-/m0/s1. The highest BCUT2D eigenvalue weighted by atomic mass is 16.6. The number of oxime groups is 1. The monoisotopic (exact) mass is 297 g/mol. The van der Waals surface area contributed by atoms with Crippen molar-refractivity contribution in [3.8, 4) is 0 Å². The van der Waals surface area contributed by atoms with Gasteiger partial charge >= 0.3 is 5.97 Å². The second-order valence-corrected chi connectivity index (χ2v) is 5.61. The van der Waals surface area contributed by atoms with Gasteiger partial charge in [0.05, 0.1) is 18.4 Å². The number of nitrogens with zero attached hydrogens (tertiary/aromatic N) is 1. The van der Waals surface area contributed by atoms with E-state index in [0.717, 1.165) is 0 Å². The molecule has 21 heavy (non-hydrogen) atoms. The van der Waals surface area contributed by atoms with Gasteiger partial charge in [-0.2, -0.15) is 0 Å². The lowest BCUT2D eigenvalue weighted by molar-refractivity contribution is -0.150. The van der Waals surface area contributed by atoms with Gasteiger partial charge < -0.3 is 14.7 Å². The Kier molecular flexibility index (Phi) is 5.52. The van der Waals surface area contributed by atoms with Crippen LogP contribution in [0.25, 0.3) is 0 Å². The van der Waals surface area contributed by atoms with Gasteiger partial charge in [-0.1, -0.05) is 25.9 Å². The van der Waals surface area contributed by atoms with E-state index in [1.54, 1.807) is 27.7 Å². The molecule has 0 unspecified atom stereocenters. The summed E-state index contributed by atoms with van der Waals surface area (Å²) in [7, 11) is 1.26. The highest BCUT2D eigenvalue weighted by Crippen LogP contribution is 2.42. The number of carbonyl (C=O) groups excluding carboxylic acids is 2. The zero-order valence-corrected chi connectivity index (χ0v) is 13.2. The normalized spacial score (nSPS) is 22.2. The number of hydrogen-bond donors (Lipinski definition) is 1. The molecular formula is C15H23NO5. The van der Waals surface area contributed by atoms with Crippen molar-refractivity contribution in [1.82, 2.24) is 0 Å². The summed E-state index contributed by atoms with van der Waals surface area (Å²) in [5, 5.41) is 14.3. The Morgan fingerprint density at radius 2 is 2.05 bits per heavy atom. The molecule has 6 nitrogen and oxygen atoms in total. The predicted molar refractivity (Wildman–Crippen MR) is 77.9 cm³/mol. The van der Waals surface area contributed by atoms with Crippen molar-refractivity contribution < 1.29 is 24.3 Å². The van der Waals surface area contributed by atoms with Crippen LogP contribution in [-0.4, -0.2) is 36.3 Å². The van der Waals surface area contributed by atoms with Crippen molar-refractivity contribution in [3.63, 3.8) is 0 Å². The van der Waals surface area contributed by atoms with Crippen molar-refractivity contribution in [3.05, 3.63) is 11.3 Å². The first kappa shape index (κ1) is 17.2. The van der Waals surface area contributed by atoms with E-state index in [0.29, 0.717) is 18.7 Å². The van der Waals surface area contributed by atoms with Crippen LogP contribution in [0.15, 0.2) is 16.5 Å². The maximum absolute atomic E-state index is 12.3. The molecule has 0 bridgehead atoms. The molecular weight excluding hydrogens is 274 g/mol. The molecule has 0 aromatic carbocycles. The van der Waals surface area contributed by atoms with Crippen LogP contribution in [-0.2, 0) is 19.2 Å².